The van der Waals surface area contributed by atoms with Crippen LogP contribution in [0.3, 0.4) is 0 Å². The van der Waals surface area contributed by atoms with Gasteiger partial charge in [0, 0.05) is 5.02 Å². The number of carbonyl (C=O) groups excluding carboxylic acids is 1. The van der Waals surface area contributed by atoms with Gasteiger partial charge < -0.3 is 10.1 Å². The summed E-state index contributed by atoms with van der Waals surface area (Å²) in [6.45, 7) is 4.67. The zero-order valence-electron chi connectivity index (χ0n) is 11.0. The Bertz CT molecular complexity index is 479. The number of benzene rings is 1. The zero-order valence-corrected chi connectivity index (χ0v) is 11.7. The maximum atomic E-state index is 12.6. The van der Waals surface area contributed by atoms with Crippen molar-refractivity contribution in [1.82, 2.24) is 5.32 Å². The van der Waals surface area contributed by atoms with Gasteiger partial charge in [-0.3, -0.25) is 4.79 Å². The molecule has 0 amide bonds. The third kappa shape index (κ3) is 2.25. The minimum atomic E-state index is -0.101. The molecule has 1 fully saturated rings. The first-order valence-corrected chi connectivity index (χ1v) is 6.55. The highest BCUT2D eigenvalue weighted by atomic mass is 35.5. The topological polar surface area (TPSA) is 38.3 Å². The summed E-state index contributed by atoms with van der Waals surface area (Å²) in [6.07, 6.45) is 1.92. The van der Waals surface area contributed by atoms with Crippen LogP contribution >= 0.6 is 11.6 Å². The second-order valence-corrected chi connectivity index (χ2v) is 5.13. The normalized spacial score (nSPS) is 19.0. The summed E-state index contributed by atoms with van der Waals surface area (Å²) < 4.78 is 5.39. The van der Waals surface area contributed by atoms with Gasteiger partial charge in [0.05, 0.1) is 18.7 Å². The quantitative estimate of drug-likeness (QED) is 0.856. The molecule has 18 heavy (non-hydrogen) atoms. The summed E-state index contributed by atoms with van der Waals surface area (Å²) in [7, 11) is 1.59. The van der Waals surface area contributed by atoms with Crippen molar-refractivity contribution in [2.24, 2.45) is 0 Å². The van der Waals surface area contributed by atoms with Crippen LogP contribution in [-0.4, -0.2) is 25.5 Å². The number of rotatable bonds is 3. The molecule has 1 aromatic rings. The number of halogens is 1. The molecule has 1 N–H and O–H groups in total. The number of hydrogen-bond donors (Lipinski definition) is 1. The lowest BCUT2D eigenvalue weighted by Crippen LogP contribution is -2.31. The van der Waals surface area contributed by atoms with E-state index in [2.05, 4.69) is 5.32 Å². The van der Waals surface area contributed by atoms with Gasteiger partial charge >= 0.3 is 0 Å². The fraction of sp³-hybridized carbons (Fsp3) is 0.500. The molecule has 0 bridgehead atoms. The van der Waals surface area contributed by atoms with E-state index in [1.165, 1.54) is 0 Å². The number of nitrogens with one attached hydrogen (secondary N) is 1. The van der Waals surface area contributed by atoms with Crippen LogP contribution in [0.5, 0.6) is 5.75 Å². The molecule has 1 aromatic carbocycles. The summed E-state index contributed by atoms with van der Waals surface area (Å²) in [5.74, 6) is 0.739. The molecule has 98 valence electrons. The Labute approximate surface area is 112 Å². The average Bonchev–Trinajstić information content (AvgIpc) is 2.86. The SMILES string of the molecule is COc1c(C)cc(Cl)c(C)c1C(=O)C1CCCN1. The van der Waals surface area contributed by atoms with Crippen LogP contribution in [0.15, 0.2) is 6.07 Å². The third-order valence-corrected chi connectivity index (χ3v) is 3.88. The molecule has 4 heteroatoms. The highest BCUT2D eigenvalue weighted by Gasteiger charge is 2.28. The van der Waals surface area contributed by atoms with Crippen molar-refractivity contribution in [3.8, 4) is 5.75 Å². The summed E-state index contributed by atoms with van der Waals surface area (Å²) >= 11 is 6.17. The Balaban J connectivity index is 2.50. The predicted octanol–water partition coefficient (Wildman–Crippen LogP) is 2.90. The Morgan fingerprint density at radius 3 is 2.78 bits per heavy atom. The second kappa shape index (κ2) is 5.29. The summed E-state index contributed by atoms with van der Waals surface area (Å²) in [6, 6.07) is 1.74. The fourth-order valence-electron chi connectivity index (χ4n) is 2.49. The van der Waals surface area contributed by atoms with E-state index in [4.69, 9.17) is 16.3 Å². The van der Waals surface area contributed by atoms with E-state index in [1.54, 1.807) is 7.11 Å². The molecular weight excluding hydrogens is 250 g/mol. The van der Waals surface area contributed by atoms with Gasteiger partial charge in [0.25, 0.3) is 0 Å². The molecule has 1 unspecified atom stereocenters. The molecular formula is C14H18ClNO2. The van der Waals surface area contributed by atoms with Gasteiger partial charge in [0.2, 0.25) is 0 Å². The Kier molecular flexibility index (Phi) is 3.93. The van der Waals surface area contributed by atoms with Crippen LogP contribution in [0, 0.1) is 13.8 Å². The molecule has 3 nitrogen and oxygen atoms in total. The first-order chi connectivity index (χ1) is 8.56. The molecule has 1 saturated heterocycles. The fourth-order valence-corrected chi connectivity index (χ4v) is 2.75. The highest BCUT2D eigenvalue weighted by molar-refractivity contribution is 6.32. The minimum Gasteiger partial charge on any atom is -0.496 e. The van der Waals surface area contributed by atoms with E-state index < -0.39 is 0 Å². The van der Waals surface area contributed by atoms with Crippen LogP contribution in [0.1, 0.15) is 34.3 Å². The third-order valence-electron chi connectivity index (χ3n) is 3.49. The number of ketones is 1. The molecule has 0 spiro atoms. The smallest absolute Gasteiger partial charge is 0.183 e. The van der Waals surface area contributed by atoms with Gasteiger partial charge in [-0.2, -0.15) is 0 Å². The number of Topliss-reactive ketones (excluding diaryl/α,β-unsaturated/α-hetero) is 1. The largest absolute Gasteiger partial charge is 0.496 e. The van der Waals surface area contributed by atoms with Crippen LogP contribution < -0.4 is 10.1 Å². The molecule has 0 radical (unpaired) electrons. The van der Waals surface area contributed by atoms with Gasteiger partial charge in [-0.1, -0.05) is 11.6 Å². The number of ether oxygens (including phenoxy) is 1. The first-order valence-electron chi connectivity index (χ1n) is 6.17. The number of carbonyl (C=O) groups is 1. The molecule has 1 aliphatic rings. The van der Waals surface area contributed by atoms with Crippen LogP contribution in [0.2, 0.25) is 5.02 Å². The van der Waals surface area contributed by atoms with E-state index in [0.29, 0.717) is 16.3 Å². The van der Waals surface area contributed by atoms with Gasteiger partial charge in [0.1, 0.15) is 5.75 Å². The van der Waals surface area contributed by atoms with Crippen molar-refractivity contribution in [3.63, 3.8) is 0 Å². The van der Waals surface area contributed by atoms with Crippen LogP contribution in [-0.2, 0) is 0 Å². The van der Waals surface area contributed by atoms with E-state index in [-0.39, 0.29) is 11.8 Å². The molecule has 1 aliphatic heterocycles. The average molecular weight is 268 g/mol. The van der Waals surface area contributed by atoms with Gasteiger partial charge in [-0.15, -0.1) is 0 Å². The summed E-state index contributed by atoms with van der Waals surface area (Å²) in [4.78, 5) is 12.6. The van der Waals surface area contributed by atoms with Crippen molar-refractivity contribution in [1.29, 1.82) is 0 Å². The van der Waals surface area contributed by atoms with E-state index >= 15 is 0 Å². The van der Waals surface area contributed by atoms with Crippen molar-refractivity contribution < 1.29 is 9.53 Å². The standard InChI is InChI=1S/C14H18ClNO2/c1-8-7-10(15)9(2)12(14(8)18-3)13(17)11-5-4-6-16-11/h7,11,16H,4-6H2,1-3H3. The summed E-state index contributed by atoms with van der Waals surface area (Å²) in [5.41, 5.74) is 2.33. The monoisotopic (exact) mass is 267 g/mol. The van der Waals surface area contributed by atoms with Crippen molar-refractivity contribution in [2.45, 2.75) is 32.7 Å². The van der Waals surface area contributed by atoms with Crippen molar-refractivity contribution in [3.05, 3.63) is 27.8 Å². The Morgan fingerprint density at radius 1 is 1.50 bits per heavy atom. The van der Waals surface area contributed by atoms with Crippen LogP contribution in [0.25, 0.3) is 0 Å². The zero-order chi connectivity index (χ0) is 13.3. The highest BCUT2D eigenvalue weighted by Crippen LogP contribution is 2.33. The summed E-state index contributed by atoms with van der Waals surface area (Å²) in [5, 5.41) is 3.84. The number of aryl methyl sites for hydroxylation is 1. The number of hydrogen-bond acceptors (Lipinski definition) is 3. The molecule has 1 heterocycles. The van der Waals surface area contributed by atoms with Crippen LogP contribution in [0.4, 0.5) is 0 Å². The maximum Gasteiger partial charge on any atom is 0.183 e. The first kappa shape index (κ1) is 13.4. The van der Waals surface area contributed by atoms with Gasteiger partial charge in [-0.25, -0.2) is 0 Å². The molecule has 1 atom stereocenters. The van der Waals surface area contributed by atoms with Crippen molar-refractivity contribution in [2.75, 3.05) is 13.7 Å². The van der Waals surface area contributed by atoms with E-state index in [9.17, 15) is 4.79 Å². The minimum absolute atomic E-state index is 0.0902. The second-order valence-electron chi connectivity index (χ2n) is 4.72. The number of methoxy groups -OCH3 is 1. The molecule has 0 aliphatic carbocycles. The Hall–Kier alpha value is -1.06. The molecule has 0 saturated carbocycles. The maximum absolute atomic E-state index is 12.6. The van der Waals surface area contributed by atoms with E-state index in [1.807, 2.05) is 19.9 Å². The molecule has 2 rings (SSSR count). The molecule has 0 aromatic heterocycles. The van der Waals surface area contributed by atoms with Gasteiger partial charge in [-0.05, 0) is 50.4 Å². The lowest BCUT2D eigenvalue weighted by atomic mass is 9.95. The van der Waals surface area contributed by atoms with Crippen molar-refractivity contribution >= 4 is 17.4 Å². The Morgan fingerprint density at radius 2 is 2.22 bits per heavy atom. The lowest BCUT2D eigenvalue weighted by Gasteiger charge is -2.17. The lowest BCUT2D eigenvalue weighted by molar-refractivity contribution is 0.0948. The van der Waals surface area contributed by atoms with Gasteiger partial charge in [0.15, 0.2) is 5.78 Å². The predicted molar refractivity (Wildman–Crippen MR) is 72.8 cm³/mol. The van der Waals surface area contributed by atoms with E-state index in [0.717, 1.165) is 30.5 Å².